The van der Waals surface area contributed by atoms with Gasteiger partial charge in [0.05, 0.1) is 0 Å². The van der Waals surface area contributed by atoms with Crippen LogP contribution in [0.1, 0.15) is 33.1 Å². The summed E-state index contributed by atoms with van der Waals surface area (Å²) in [6, 6.07) is 0. The van der Waals surface area contributed by atoms with Gasteiger partial charge in [-0.15, -0.1) is 0 Å². The van der Waals surface area contributed by atoms with Crippen LogP contribution in [0.2, 0.25) is 0 Å². The van der Waals surface area contributed by atoms with E-state index >= 15 is 0 Å². The molecule has 0 radical (unpaired) electrons. The lowest BCUT2D eigenvalue weighted by molar-refractivity contribution is 0.353. The normalized spacial score (nSPS) is 14.1. The highest BCUT2D eigenvalue weighted by Gasteiger charge is 1.98. The lowest BCUT2D eigenvalue weighted by Crippen LogP contribution is -2.17. The maximum absolute atomic E-state index is 10.5. The summed E-state index contributed by atoms with van der Waals surface area (Å²) in [5.74, 6) is 0.558. The molecular formula is C8H18NO-. The molecule has 0 aliphatic rings. The first-order valence-electron chi connectivity index (χ1n) is 4.05. The van der Waals surface area contributed by atoms with E-state index < -0.39 is 0 Å². The zero-order valence-corrected chi connectivity index (χ0v) is 7.26. The van der Waals surface area contributed by atoms with Gasteiger partial charge in [-0.25, -0.2) is 0 Å². The first-order chi connectivity index (χ1) is 4.66. The summed E-state index contributed by atoms with van der Waals surface area (Å²) in [5, 5.41) is 11.5. The van der Waals surface area contributed by atoms with E-state index in [4.69, 9.17) is 0 Å². The third-order valence-corrected chi connectivity index (χ3v) is 1.62. The highest BCUT2D eigenvalue weighted by molar-refractivity contribution is 4.58. The summed E-state index contributed by atoms with van der Waals surface area (Å²) >= 11 is 0. The van der Waals surface area contributed by atoms with Gasteiger partial charge in [0.25, 0.3) is 0 Å². The molecule has 10 heavy (non-hydrogen) atoms. The van der Waals surface area contributed by atoms with Gasteiger partial charge in [0.1, 0.15) is 0 Å². The van der Waals surface area contributed by atoms with Crippen molar-refractivity contribution in [2.75, 3.05) is 13.6 Å². The first kappa shape index (κ1) is 9.92. The van der Waals surface area contributed by atoms with Crippen molar-refractivity contribution < 1.29 is 0 Å². The minimum Gasteiger partial charge on any atom is -0.785 e. The molecule has 2 heteroatoms. The van der Waals surface area contributed by atoms with Gasteiger partial charge >= 0.3 is 0 Å². The van der Waals surface area contributed by atoms with Gasteiger partial charge in [-0.2, -0.15) is 0 Å². The molecule has 0 aromatic carbocycles. The van der Waals surface area contributed by atoms with E-state index in [0.717, 1.165) is 5.06 Å². The molecule has 2 nitrogen and oxygen atoms in total. The zero-order valence-electron chi connectivity index (χ0n) is 7.26. The largest absolute Gasteiger partial charge is 0.785 e. The number of rotatable bonds is 5. The Balaban J connectivity index is 3.16. The van der Waals surface area contributed by atoms with Gasteiger partial charge < -0.3 is 10.3 Å². The first-order valence-corrected chi connectivity index (χ1v) is 4.05. The molecule has 1 atom stereocenters. The van der Waals surface area contributed by atoms with Gasteiger partial charge in [-0.3, -0.25) is 0 Å². The molecule has 0 fully saturated rings. The summed E-state index contributed by atoms with van der Waals surface area (Å²) < 4.78 is 0. The summed E-state index contributed by atoms with van der Waals surface area (Å²) in [4.78, 5) is 0. The topological polar surface area (TPSA) is 26.3 Å². The second-order valence-corrected chi connectivity index (χ2v) is 3.06. The minimum absolute atomic E-state index is 0.558. The summed E-state index contributed by atoms with van der Waals surface area (Å²) in [5.41, 5.74) is 0. The number of hydrogen-bond acceptors (Lipinski definition) is 2. The van der Waals surface area contributed by atoms with Gasteiger partial charge in [-0.05, 0) is 25.9 Å². The standard InChI is InChI=1S/C8H18NO/c1-4-5-6-8(2)7-9(3)10/h8H,4-7H2,1-3H3/q-1. The maximum Gasteiger partial charge on any atom is -0.0120 e. The Morgan fingerprint density at radius 1 is 1.50 bits per heavy atom. The minimum atomic E-state index is 0.558. The van der Waals surface area contributed by atoms with Crippen molar-refractivity contribution in [2.45, 2.75) is 33.1 Å². The molecule has 1 unspecified atom stereocenters. The third kappa shape index (κ3) is 6.05. The molecule has 0 saturated carbocycles. The lowest BCUT2D eigenvalue weighted by Gasteiger charge is -2.25. The van der Waals surface area contributed by atoms with Crippen molar-refractivity contribution in [1.29, 1.82) is 0 Å². The van der Waals surface area contributed by atoms with Gasteiger partial charge in [0, 0.05) is 0 Å². The van der Waals surface area contributed by atoms with Crippen molar-refractivity contribution in [3.05, 3.63) is 5.21 Å². The summed E-state index contributed by atoms with van der Waals surface area (Å²) in [6.07, 6.45) is 3.66. The molecule has 0 rings (SSSR count). The molecule has 62 valence electrons. The predicted octanol–water partition coefficient (Wildman–Crippen LogP) is 2.24. The summed E-state index contributed by atoms with van der Waals surface area (Å²) in [6.45, 7) is 4.98. The molecule has 0 aromatic rings. The van der Waals surface area contributed by atoms with Gasteiger partial charge in [0.2, 0.25) is 0 Å². The Morgan fingerprint density at radius 3 is 2.50 bits per heavy atom. The number of nitrogens with zero attached hydrogens (tertiary/aromatic N) is 1. The van der Waals surface area contributed by atoms with Crippen molar-refractivity contribution in [3.8, 4) is 0 Å². The molecule has 0 spiro atoms. The van der Waals surface area contributed by atoms with Crippen LogP contribution < -0.4 is 0 Å². The van der Waals surface area contributed by atoms with E-state index in [-0.39, 0.29) is 0 Å². The monoisotopic (exact) mass is 144 g/mol. The fraction of sp³-hybridized carbons (Fsp3) is 1.00. The van der Waals surface area contributed by atoms with E-state index in [1.807, 2.05) is 0 Å². The Bertz CT molecular complexity index is 73.7. The smallest absolute Gasteiger partial charge is 0.0120 e. The maximum atomic E-state index is 10.5. The van der Waals surface area contributed by atoms with Crippen molar-refractivity contribution in [1.82, 2.24) is 5.06 Å². The van der Waals surface area contributed by atoms with Crippen LogP contribution in [0.15, 0.2) is 0 Å². The second kappa shape index (κ2) is 5.69. The molecular weight excluding hydrogens is 126 g/mol. The van der Waals surface area contributed by atoms with Crippen LogP contribution in [0, 0.1) is 11.1 Å². The van der Waals surface area contributed by atoms with Crippen molar-refractivity contribution in [2.24, 2.45) is 5.92 Å². The highest BCUT2D eigenvalue weighted by Crippen LogP contribution is 2.07. The van der Waals surface area contributed by atoms with Gasteiger partial charge in [-0.1, -0.05) is 26.7 Å². The fourth-order valence-electron chi connectivity index (χ4n) is 1.08. The van der Waals surface area contributed by atoms with Crippen LogP contribution in [0.25, 0.3) is 0 Å². The van der Waals surface area contributed by atoms with Crippen molar-refractivity contribution >= 4 is 0 Å². The second-order valence-electron chi connectivity index (χ2n) is 3.06. The Hall–Kier alpha value is -0.0800. The van der Waals surface area contributed by atoms with E-state index in [9.17, 15) is 5.21 Å². The van der Waals surface area contributed by atoms with Crippen LogP contribution in [0.5, 0.6) is 0 Å². The predicted molar refractivity (Wildman–Crippen MR) is 44.7 cm³/mol. The third-order valence-electron chi connectivity index (χ3n) is 1.62. The van der Waals surface area contributed by atoms with Crippen LogP contribution >= 0.6 is 0 Å². The van der Waals surface area contributed by atoms with Crippen LogP contribution in [-0.4, -0.2) is 18.7 Å². The molecule has 0 amide bonds. The molecule has 0 aromatic heterocycles. The number of unbranched alkanes of at least 4 members (excludes halogenated alkanes) is 1. The molecule has 0 aliphatic heterocycles. The average molecular weight is 144 g/mol. The quantitative estimate of drug-likeness (QED) is 0.553. The molecule has 0 aliphatic carbocycles. The van der Waals surface area contributed by atoms with E-state index in [1.165, 1.54) is 19.3 Å². The lowest BCUT2D eigenvalue weighted by atomic mass is 10.0. The highest BCUT2D eigenvalue weighted by atomic mass is 16.5. The van der Waals surface area contributed by atoms with Gasteiger partial charge in [0.15, 0.2) is 0 Å². The Morgan fingerprint density at radius 2 is 2.10 bits per heavy atom. The summed E-state index contributed by atoms with van der Waals surface area (Å²) in [7, 11) is 1.59. The molecule has 0 saturated heterocycles. The molecule has 0 bridgehead atoms. The van der Waals surface area contributed by atoms with Crippen LogP contribution in [-0.2, 0) is 0 Å². The SMILES string of the molecule is CCCCC(C)CN(C)[O-]. The average Bonchev–Trinajstić information content (AvgIpc) is 1.82. The van der Waals surface area contributed by atoms with Crippen LogP contribution in [0.3, 0.4) is 0 Å². The fourth-order valence-corrected chi connectivity index (χ4v) is 1.08. The number of hydroxylamine groups is 2. The van der Waals surface area contributed by atoms with E-state index in [2.05, 4.69) is 13.8 Å². The Labute approximate surface area is 63.8 Å². The number of hydrogen-bond donors (Lipinski definition) is 0. The zero-order chi connectivity index (χ0) is 7.98. The van der Waals surface area contributed by atoms with E-state index in [1.54, 1.807) is 7.05 Å². The van der Waals surface area contributed by atoms with E-state index in [0.29, 0.717) is 12.5 Å². The molecule has 0 heterocycles. The van der Waals surface area contributed by atoms with Crippen LogP contribution in [0.4, 0.5) is 0 Å². The van der Waals surface area contributed by atoms with Crippen molar-refractivity contribution in [3.63, 3.8) is 0 Å². The Kier molecular flexibility index (Phi) is 5.64. The molecule has 0 N–H and O–H groups in total.